The number of nitrogens with two attached hydrogens (primary N) is 1. The molecule has 0 aromatic heterocycles. The fourth-order valence-electron chi connectivity index (χ4n) is 1.83. The lowest BCUT2D eigenvalue weighted by Gasteiger charge is -2.16. The Bertz CT molecular complexity index is 418. The zero-order chi connectivity index (χ0) is 13.0. The SMILES string of the molecule is Cc1cc(C(N)CCCC(=O)O)c(C)cc1Cl. The van der Waals surface area contributed by atoms with Crippen LogP contribution in [0.2, 0.25) is 5.02 Å². The number of carboxylic acid groups (broad SMARTS) is 1. The van der Waals surface area contributed by atoms with Crippen molar-refractivity contribution in [2.75, 3.05) is 0 Å². The minimum absolute atomic E-state index is 0.120. The van der Waals surface area contributed by atoms with Crippen LogP contribution in [-0.4, -0.2) is 11.1 Å². The second kappa shape index (κ2) is 6.03. The second-order valence-corrected chi connectivity index (χ2v) is 4.76. The summed E-state index contributed by atoms with van der Waals surface area (Å²) in [5, 5.41) is 9.31. The van der Waals surface area contributed by atoms with E-state index in [0.29, 0.717) is 12.8 Å². The molecule has 0 spiro atoms. The van der Waals surface area contributed by atoms with Crippen molar-refractivity contribution in [1.29, 1.82) is 0 Å². The standard InChI is InChI=1S/C13H18ClNO2/c1-8-7-11(14)9(2)6-10(8)12(15)4-3-5-13(16)17/h6-7,12H,3-5,15H2,1-2H3,(H,16,17). The average Bonchev–Trinajstić information content (AvgIpc) is 2.22. The van der Waals surface area contributed by atoms with E-state index in [2.05, 4.69) is 0 Å². The maximum absolute atomic E-state index is 10.4. The van der Waals surface area contributed by atoms with E-state index >= 15 is 0 Å². The minimum atomic E-state index is -0.777. The summed E-state index contributed by atoms with van der Waals surface area (Å²) in [7, 11) is 0. The van der Waals surface area contributed by atoms with Crippen LogP contribution in [-0.2, 0) is 4.79 Å². The normalized spacial score (nSPS) is 12.5. The summed E-state index contributed by atoms with van der Waals surface area (Å²) in [6.07, 6.45) is 1.44. The Kier molecular flexibility index (Phi) is 4.97. The number of carboxylic acids is 1. The van der Waals surface area contributed by atoms with Crippen LogP contribution in [0.5, 0.6) is 0 Å². The molecule has 1 atom stereocenters. The molecule has 0 aliphatic rings. The quantitative estimate of drug-likeness (QED) is 0.849. The summed E-state index contributed by atoms with van der Waals surface area (Å²) in [4.78, 5) is 10.4. The third-order valence-electron chi connectivity index (χ3n) is 2.85. The van der Waals surface area contributed by atoms with Gasteiger partial charge in [0.15, 0.2) is 0 Å². The Hall–Kier alpha value is -1.06. The van der Waals surface area contributed by atoms with Crippen LogP contribution < -0.4 is 5.73 Å². The highest BCUT2D eigenvalue weighted by atomic mass is 35.5. The van der Waals surface area contributed by atoms with Gasteiger partial charge in [0, 0.05) is 17.5 Å². The predicted molar refractivity (Wildman–Crippen MR) is 69.3 cm³/mol. The van der Waals surface area contributed by atoms with Gasteiger partial charge in [-0.05, 0) is 49.4 Å². The van der Waals surface area contributed by atoms with E-state index in [1.54, 1.807) is 0 Å². The van der Waals surface area contributed by atoms with Gasteiger partial charge in [-0.3, -0.25) is 4.79 Å². The van der Waals surface area contributed by atoms with Crippen molar-refractivity contribution in [1.82, 2.24) is 0 Å². The lowest BCUT2D eigenvalue weighted by atomic mass is 9.96. The van der Waals surface area contributed by atoms with Gasteiger partial charge in [0.1, 0.15) is 0 Å². The molecule has 0 saturated carbocycles. The number of carbonyl (C=O) groups is 1. The Morgan fingerprint density at radius 3 is 2.65 bits per heavy atom. The molecule has 1 unspecified atom stereocenters. The molecule has 0 radical (unpaired) electrons. The topological polar surface area (TPSA) is 63.3 Å². The van der Waals surface area contributed by atoms with Gasteiger partial charge < -0.3 is 10.8 Å². The number of halogens is 1. The summed E-state index contributed by atoms with van der Waals surface area (Å²) >= 11 is 6.02. The molecule has 1 aromatic rings. The first-order valence-corrected chi connectivity index (χ1v) is 6.03. The van der Waals surface area contributed by atoms with E-state index in [9.17, 15) is 4.79 Å². The first kappa shape index (κ1) is 14.0. The zero-order valence-corrected chi connectivity index (χ0v) is 10.9. The smallest absolute Gasteiger partial charge is 0.303 e. The van der Waals surface area contributed by atoms with Crippen LogP contribution in [0.1, 0.15) is 42.0 Å². The molecular formula is C13H18ClNO2. The molecule has 0 amide bonds. The average molecular weight is 256 g/mol. The van der Waals surface area contributed by atoms with E-state index in [1.807, 2.05) is 26.0 Å². The molecule has 17 heavy (non-hydrogen) atoms. The Labute approximate surface area is 107 Å². The first-order chi connectivity index (χ1) is 7.91. The molecule has 0 bridgehead atoms. The van der Waals surface area contributed by atoms with E-state index in [1.165, 1.54) is 0 Å². The first-order valence-electron chi connectivity index (χ1n) is 5.66. The van der Waals surface area contributed by atoms with Gasteiger partial charge >= 0.3 is 5.97 Å². The number of aryl methyl sites for hydroxylation is 2. The predicted octanol–water partition coefficient (Wildman–Crippen LogP) is 3.21. The molecule has 0 aliphatic heterocycles. The fraction of sp³-hybridized carbons (Fsp3) is 0.462. The molecular weight excluding hydrogens is 238 g/mol. The Morgan fingerprint density at radius 1 is 1.41 bits per heavy atom. The number of hydrogen-bond donors (Lipinski definition) is 2. The maximum Gasteiger partial charge on any atom is 0.303 e. The number of hydrogen-bond acceptors (Lipinski definition) is 2. The highest BCUT2D eigenvalue weighted by Crippen LogP contribution is 2.26. The Balaban J connectivity index is 2.71. The van der Waals surface area contributed by atoms with Crippen LogP contribution in [0.15, 0.2) is 12.1 Å². The third-order valence-corrected chi connectivity index (χ3v) is 3.26. The summed E-state index contributed by atoms with van der Waals surface area (Å²) in [6, 6.07) is 3.78. The van der Waals surface area contributed by atoms with Crippen molar-refractivity contribution >= 4 is 17.6 Å². The van der Waals surface area contributed by atoms with E-state index in [-0.39, 0.29) is 12.5 Å². The van der Waals surface area contributed by atoms with Crippen LogP contribution in [0.25, 0.3) is 0 Å². The summed E-state index contributed by atoms with van der Waals surface area (Å²) in [5.74, 6) is -0.777. The van der Waals surface area contributed by atoms with E-state index < -0.39 is 5.97 Å². The largest absolute Gasteiger partial charge is 0.481 e. The van der Waals surface area contributed by atoms with Crippen LogP contribution in [0.4, 0.5) is 0 Å². The summed E-state index contributed by atoms with van der Waals surface area (Å²) in [5.41, 5.74) is 9.18. The Morgan fingerprint density at radius 2 is 2.06 bits per heavy atom. The third kappa shape index (κ3) is 4.02. The van der Waals surface area contributed by atoms with Crippen molar-refractivity contribution in [3.05, 3.63) is 33.8 Å². The van der Waals surface area contributed by atoms with Gasteiger partial charge in [-0.2, -0.15) is 0 Å². The van der Waals surface area contributed by atoms with Gasteiger partial charge in [0.2, 0.25) is 0 Å². The van der Waals surface area contributed by atoms with Gasteiger partial charge in [0.25, 0.3) is 0 Å². The van der Waals surface area contributed by atoms with Gasteiger partial charge in [-0.15, -0.1) is 0 Å². The van der Waals surface area contributed by atoms with Gasteiger partial charge in [-0.25, -0.2) is 0 Å². The van der Waals surface area contributed by atoms with Crippen LogP contribution in [0, 0.1) is 13.8 Å². The molecule has 1 rings (SSSR count). The fourth-order valence-corrected chi connectivity index (χ4v) is 2.05. The monoisotopic (exact) mass is 255 g/mol. The van der Waals surface area contributed by atoms with Crippen LogP contribution >= 0.6 is 11.6 Å². The molecule has 4 heteroatoms. The number of aliphatic carboxylic acids is 1. The molecule has 3 nitrogen and oxygen atoms in total. The molecule has 0 fully saturated rings. The lowest BCUT2D eigenvalue weighted by molar-refractivity contribution is -0.137. The zero-order valence-electron chi connectivity index (χ0n) is 10.2. The van der Waals surface area contributed by atoms with Crippen molar-refractivity contribution in [3.63, 3.8) is 0 Å². The highest BCUT2D eigenvalue weighted by Gasteiger charge is 2.11. The highest BCUT2D eigenvalue weighted by molar-refractivity contribution is 6.31. The van der Waals surface area contributed by atoms with Gasteiger partial charge in [0.05, 0.1) is 0 Å². The summed E-state index contributed by atoms with van der Waals surface area (Å²) in [6.45, 7) is 3.91. The number of benzene rings is 1. The van der Waals surface area contributed by atoms with Crippen molar-refractivity contribution < 1.29 is 9.90 Å². The maximum atomic E-state index is 10.4. The van der Waals surface area contributed by atoms with Crippen molar-refractivity contribution in [2.45, 2.75) is 39.2 Å². The van der Waals surface area contributed by atoms with Crippen molar-refractivity contribution in [3.8, 4) is 0 Å². The molecule has 0 aliphatic carbocycles. The number of rotatable bonds is 5. The molecule has 94 valence electrons. The van der Waals surface area contributed by atoms with E-state index in [4.69, 9.17) is 22.4 Å². The van der Waals surface area contributed by atoms with Crippen molar-refractivity contribution in [2.24, 2.45) is 5.73 Å². The summed E-state index contributed by atoms with van der Waals surface area (Å²) < 4.78 is 0. The molecule has 1 aromatic carbocycles. The molecule has 0 heterocycles. The molecule has 0 saturated heterocycles. The van der Waals surface area contributed by atoms with Gasteiger partial charge in [-0.1, -0.05) is 17.7 Å². The minimum Gasteiger partial charge on any atom is -0.481 e. The van der Waals surface area contributed by atoms with Crippen LogP contribution in [0.3, 0.4) is 0 Å². The lowest BCUT2D eigenvalue weighted by Crippen LogP contribution is -2.12. The second-order valence-electron chi connectivity index (χ2n) is 4.35. The molecule has 3 N–H and O–H groups in total. The van der Waals surface area contributed by atoms with E-state index in [0.717, 1.165) is 21.7 Å².